The molecule has 1 saturated heterocycles. The van der Waals surface area contributed by atoms with Crippen LogP contribution in [0.1, 0.15) is 12.8 Å². The van der Waals surface area contributed by atoms with Gasteiger partial charge in [0.15, 0.2) is 0 Å². The molecule has 0 spiro atoms. The molecule has 1 aliphatic heterocycles. The van der Waals surface area contributed by atoms with E-state index in [1.165, 1.54) is 0 Å². The summed E-state index contributed by atoms with van der Waals surface area (Å²) in [4.78, 5) is 0. The lowest BCUT2D eigenvalue weighted by molar-refractivity contribution is 0.167. The van der Waals surface area contributed by atoms with E-state index in [-0.39, 0.29) is 6.10 Å². The van der Waals surface area contributed by atoms with Crippen molar-refractivity contribution in [3.8, 4) is 5.75 Å². The van der Waals surface area contributed by atoms with Gasteiger partial charge in [0.25, 0.3) is 0 Å². The highest BCUT2D eigenvalue weighted by Gasteiger charge is 2.14. The fourth-order valence-corrected chi connectivity index (χ4v) is 1.95. The Morgan fingerprint density at radius 1 is 1.27 bits per heavy atom. The predicted octanol–water partition coefficient (Wildman–Crippen LogP) is 3.12. The van der Waals surface area contributed by atoms with E-state index in [1.54, 1.807) is 12.1 Å². The molecule has 1 aromatic rings. The maximum Gasteiger partial charge on any atom is 0.121 e. The van der Waals surface area contributed by atoms with Crippen molar-refractivity contribution >= 4 is 23.2 Å². The number of benzene rings is 1. The van der Waals surface area contributed by atoms with Crippen molar-refractivity contribution in [3.63, 3.8) is 0 Å². The molecular weight excluding hydrogens is 233 g/mol. The minimum absolute atomic E-state index is 0.246. The molecule has 1 aliphatic rings. The van der Waals surface area contributed by atoms with E-state index in [2.05, 4.69) is 5.32 Å². The van der Waals surface area contributed by atoms with Crippen molar-refractivity contribution in [1.82, 2.24) is 5.32 Å². The summed E-state index contributed by atoms with van der Waals surface area (Å²) in [6.45, 7) is 1.99. The summed E-state index contributed by atoms with van der Waals surface area (Å²) < 4.78 is 5.79. The summed E-state index contributed by atoms with van der Waals surface area (Å²) in [5.41, 5.74) is 0. The monoisotopic (exact) mass is 245 g/mol. The van der Waals surface area contributed by atoms with E-state index in [4.69, 9.17) is 27.9 Å². The van der Waals surface area contributed by atoms with Gasteiger partial charge in [-0.1, -0.05) is 23.2 Å². The molecular formula is C11H13Cl2NO. The molecule has 0 radical (unpaired) electrons. The normalized spacial score (nSPS) is 21.3. The Balaban J connectivity index is 2.00. The Labute approximate surface area is 99.5 Å². The van der Waals surface area contributed by atoms with Gasteiger partial charge in [-0.2, -0.15) is 0 Å². The van der Waals surface area contributed by atoms with Crippen LogP contribution in [0.4, 0.5) is 0 Å². The summed E-state index contributed by atoms with van der Waals surface area (Å²) in [5, 5.41) is 4.40. The third kappa shape index (κ3) is 3.00. The number of nitrogens with one attached hydrogen (secondary N) is 1. The maximum atomic E-state index is 5.90. The predicted molar refractivity (Wildman–Crippen MR) is 63.0 cm³/mol. The molecule has 1 atom stereocenters. The Bertz CT molecular complexity index is 337. The van der Waals surface area contributed by atoms with Crippen LogP contribution in [0.25, 0.3) is 0 Å². The van der Waals surface area contributed by atoms with Crippen molar-refractivity contribution in [2.75, 3.05) is 13.1 Å². The zero-order valence-corrected chi connectivity index (χ0v) is 9.81. The third-order valence-electron chi connectivity index (χ3n) is 2.45. The number of hydrogen-bond donors (Lipinski definition) is 1. The average Bonchev–Trinajstić information content (AvgIpc) is 2.25. The van der Waals surface area contributed by atoms with Crippen molar-refractivity contribution < 1.29 is 4.74 Å². The second-order valence-corrected chi connectivity index (χ2v) is 4.48. The van der Waals surface area contributed by atoms with E-state index >= 15 is 0 Å². The second kappa shape index (κ2) is 5.06. The van der Waals surface area contributed by atoms with Gasteiger partial charge in [-0.05, 0) is 31.5 Å². The first-order valence-electron chi connectivity index (χ1n) is 5.08. The highest BCUT2D eigenvalue weighted by Crippen LogP contribution is 2.27. The van der Waals surface area contributed by atoms with Crippen molar-refractivity contribution in [3.05, 3.63) is 28.2 Å². The van der Waals surface area contributed by atoms with Crippen LogP contribution >= 0.6 is 23.2 Å². The standard InChI is InChI=1S/C11H13Cl2NO/c12-10-4-3-8(6-11(10)13)15-9-2-1-5-14-7-9/h3-4,6,9,14H,1-2,5,7H2. The molecule has 0 amide bonds. The first-order chi connectivity index (χ1) is 7.25. The molecule has 0 bridgehead atoms. The van der Waals surface area contributed by atoms with E-state index in [9.17, 15) is 0 Å². The van der Waals surface area contributed by atoms with Crippen LogP contribution in [0.3, 0.4) is 0 Å². The summed E-state index contributed by atoms with van der Waals surface area (Å²) in [6, 6.07) is 5.37. The van der Waals surface area contributed by atoms with Crippen LogP contribution in [0.2, 0.25) is 10.0 Å². The molecule has 1 fully saturated rings. The molecule has 4 heteroatoms. The largest absolute Gasteiger partial charge is 0.489 e. The molecule has 1 heterocycles. The van der Waals surface area contributed by atoms with Gasteiger partial charge in [-0.3, -0.25) is 0 Å². The van der Waals surface area contributed by atoms with Crippen LogP contribution in [0.5, 0.6) is 5.75 Å². The lowest BCUT2D eigenvalue weighted by Crippen LogP contribution is -2.37. The summed E-state index contributed by atoms with van der Waals surface area (Å²) >= 11 is 11.7. The fraction of sp³-hybridized carbons (Fsp3) is 0.455. The van der Waals surface area contributed by atoms with Gasteiger partial charge >= 0.3 is 0 Å². The van der Waals surface area contributed by atoms with Crippen LogP contribution in [-0.2, 0) is 0 Å². The van der Waals surface area contributed by atoms with E-state index in [1.807, 2.05) is 6.07 Å². The highest BCUT2D eigenvalue weighted by atomic mass is 35.5. The quantitative estimate of drug-likeness (QED) is 0.865. The zero-order valence-electron chi connectivity index (χ0n) is 8.30. The topological polar surface area (TPSA) is 21.3 Å². The van der Waals surface area contributed by atoms with Crippen LogP contribution in [0.15, 0.2) is 18.2 Å². The van der Waals surface area contributed by atoms with Crippen LogP contribution < -0.4 is 10.1 Å². The Hall–Kier alpha value is -0.440. The van der Waals surface area contributed by atoms with Crippen molar-refractivity contribution in [1.29, 1.82) is 0 Å². The van der Waals surface area contributed by atoms with Crippen LogP contribution in [-0.4, -0.2) is 19.2 Å². The van der Waals surface area contributed by atoms with Gasteiger partial charge in [-0.15, -0.1) is 0 Å². The van der Waals surface area contributed by atoms with Crippen molar-refractivity contribution in [2.45, 2.75) is 18.9 Å². The van der Waals surface area contributed by atoms with E-state index < -0.39 is 0 Å². The lowest BCUT2D eigenvalue weighted by Gasteiger charge is -2.24. The first-order valence-corrected chi connectivity index (χ1v) is 5.84. The molecule has 2 rings (SSSR count). The van der Waals surface area contributed by atoms with Gasteiger partial charge in [0.1, 0.15) is 11.9 Å². The number of hydrogen-bond acceptors (Lipinski definition) is 2. The average molecular weight is 246 g/mol. The number of piperidine rings is 1. The maximum absolute atomic E-state index is 5.90. The van der Waals surface area contributed by atoms with Gasteiger partial charge in [0, 0.05) is 12.6 Å². The second-order valence-electron chi connectivity index (χ2n) is 3.66. The van der Waals surface area contributed by atoms with Crippen LogP contribution in [0, 0.1) is 0 Å². The zero-order chi connectivity index (χ0) is 10.7. The molecule has 1 N–H and O–H groups in total. The number of rotatable bonds is 2. The van der Waals surface area contributed by atoms with Gasteiger partial charge in [0.05, 0.1) is 10.0 Å². The highest BCUT2D eigenvalue weighted by molar-refractivity contribution is 6.42. The minimum atomic E-state index is 0.246. The van der Waals surface area contributed by atoms with Gasteiger partial charge in [0.2, 0.25) is 0 Å². The lowest BCUT2D eigenvalue weighted by atomic mass is 10.1. The number of halogens is 2. The Morgan fingerprint density at radius 2 is 2.13 bits per heavy atom. The fourth-order valence-electron chi connectivity index (χ4n) is 1.66. The first kappa shape index (κ1) is 11.1. The molecule has 15 heavy (non-hydrogen) atoms. The summed E-state index contributed by atoms with van der Waals surface area (Å²) in [5.74, 6) is 0.790. The summed E-state index contributed by atoms with van der Waals surface area (Å²) in [7, 11) is 0. The van der Waals surface area contributed by atoms with E-state index in [0.717, 1.165) is 31.7 Å². The minimum Gasteiger partial charge on any atom is -0.489 e. The van der Waals surface area contributed by atoms with Crippen molar-refractivity contribution in [2.24, 2.45) is 0 Å². The molecule has 0 saturated carbocycles. The SMILES string of the molecule is Clc1ccc(OC2CCCNC2)cc1Cl. The number of ether oxygens (including phenoxy) is 1. The Morgan fingerprint density at radius 3 is 2.80 bits per heavy atom. The molecule has 0 aromatic heterocycles. The summed E-state index contributed by atoms with van der Waals surface area (Å²) in [6.07, 6.45) is 2.50. The third-order valence-corrected chi connectivity index (χ3v) is 3.18. The molecule has 0 aliphatic carbocycles. The molecule has 82 valence electrons. The van der Waals surface area contributed by atoms with Gasteiger partial charge in [-0.25, -0.2) is 0 Å². The van der Waals surface area contributed by atoms with E-state index in [0.29, 0.717) is 10.0 Å². The molecule has 1 aromatic carbocycles. The Kier molecular flexibility index (Phi) is 3.73. The molecule has 2 nitrogen and oxygen atoms in total. The van der Waals surface area contributed by atoms with Gasteiger partial charge < -0.3 is 10.1 Å². The molecule has 1 unspecified atom stereocenters. The smallest absolute Gasteiger partial charge is 0.121 e.